The van der Waals surface area contributed by atoms with Gasteiger partial charge in [0.25, 0.3) is 0 Å². The maximum atomic E-state index is 13.1. The maximum Gasteiger partial charge on any atom is 0.224 e. The zero-order chi connectivity index (χ0) is 24.2. The van der Waals surface area contributed by atoms with Crippen LogP contribution in [0.15, 0.2) is 91.1 Å². The molecule has 176 valence electrons. The van der Waals surface area contributed by atoms with Gasteiger partial charge in [-0.1, -0.05) is 72.8 Å². The fourth-order valence-corrected chi connectivity index (χ4v) is 4.85. The lowest BCUT2D eigenvalue weighted by Crippen LogP contribution is -2.30. The van der Waals surface area contributed by atoms with E-state index in [9.17, 15) is 4.79 Å². The molecule has 0 aliphatic carbocycles. The Morgan fingerprint density at radius 1 is 0.829 bits per heavy atom. The molecule has 2 N–H and O–H groups in total. The van der Waals surface area contributed by atoms with Crippen LogP contribution in [0.4, 0.5) is 0 Å². The minimum atomic E-state index is -0.132. The van der Waals surface area contributed by atoms with Crippen molar-refractivity contribution >= 4 is 27.6 Å². The predicted octanol–water partition coefficient (Wildman–Crippen LogP) is 5.83. The molecule has 1 heterocycles. The number of aromatic amines is 1. The van der Waals surface area contributed by atoms with Gasteiger partial charge in [-0.3, -0.25) is 4.79 Å². The van der Waals surface area contributed by atoms with E-state index in [2.05, 4.69) is 40.6 Å². The van der Waals surface area contributed by atoms with Crippen LogP contribution in [0.5, 0.6) is 11.5 Å². The van der Waals surface area contributed by atoms with E-state index in [-0.39, 0.29) is 11.8 Å². The third-order valence-corrected chi connectivity index (χ3v) is 6.54. The number of aromatic nitrogens is 1. The lowest BCUT2D eigenvalue weighted by atomic mass is 9.89. The molecule has 5 aromatic rings. The van der Waals surface area contributed by atoms with Gasteiger partial charge >= 0.3 is 0 Å². The van der Waals surface area contributed by atoms with Crippen LogP contribution >= 0.6 is 0 Å². The number of para-hydroxylation sites is 2. The van der Waals surface area contributed by atoms with Crippen molar-refractivity contribution in [3.8, 4) is 11.5 Å². The summed E-state index contributed by atoms with van der Waals surface area (Å²) in [6, 6.07) is 28.3. The van der Waals surface area contributed by atoms with Crippen LogP contribution in [0.1, 0.15) is 22.6 Å². The monoisotopic (exact) mass is 464 g/mol. The van der Waals surface area contributed by atoms with Gasteiger partial charge in [-0.2, -0.15) is 0 Å². The van der Waals surface area contributed by atoms with Gasteiger partial charge in [0.15, 0.2) is 11.5 Å². The van der Waals surface area contributed by atoms with Gasteiger partial charge in [0.05, 0.1) is 20.6 Å². The van der Waals surface area contributed by atoms with E-state index in [0.29, 0.717) is 24.5 Å². The number of hydrogen-bond acceptors (Lipinski definition) is 3. The molecule has 35 heavy (non-hydrogen) atoms. The lowest BCUT2D eigenvalue weighted by Gasteiger charge is -2.22. The first-order valence-corrected chi connectivity index (χ1v) is 11.7. The van der Waals surface area contributed by atoms with Crippen molar-refractivity contribution in [2.24, 2.45) is 0 Å². The highest BCUT2D eigenvalue weighted by Crippen LogP contribution is 2.40. The van der Waals surface area contributed by atoms with Crippen molar-refractivity contribution in [2.45, 2.75) is 12.3 Å². The Labute approximate surface area is 204 Å². The van der Waals surface area contributed by atoms with Crippen molar-refractivity contribution in [1.82, 2.24) is 10.3 Å². The summed E-state index contributed by atoms with van der Waals surface area (Å²) in [6.07, 6.45) is 2.34. The second kappa shape index (κ2) is 9.94. The number of ether oxygens (including phenoxy) is 2. The van der Waals surface area contributed by atoms with Crippen molar-refractivity contribution in [1.29, 1.82) is 0 Å². The normalized spacial score (nSPS) is 11.9. The second-order valence-electron chi connectivity index (χ2n) is 8.54. The van der Waals surface area contributed by atoms with E-state index in [0.717, 1.165) is 38.4 Å². The summed E-state index contributed by atoms with van der Waals surface area (Å²) < 4.78 is 11.3. The Hall–Kier alpha value is -4.25. The molecular weight excluding hydrogens is 436 g/mol. The molecule has 1 aromatic heterocycles. The summed E-state index contributed by atoms with van der Waals surface area (Å²) in [7, 11) is 3.28. The Kier molecular flexibility index (Phi) is 6.40. The van der Waals surface area contributed by atoms with E-state index in [4.69, 9.17) is 9.47 Å². The SMILES string of the molecule is COc1cccc(C(CNC(=O)Cc2cccc3ccccc23)c2c[nH]c3ccccc23)c1OC. The van der Waals surface area contributed by atoms with Gasteiger partial charge in [0.1, 0.15) is 0 Å². The summed E-state index contributed by atoms with van der Waals surface area (Å²) in [5.74, 6) is 1.19. The van der Waals surface area contributed by atoms with Gasteiger partial charge in [-0.15, -0.1) is 0 Å². The molecule has 4 aromatic carbocycles. The Balaban J connectivity index is 1.47. The van der Waals surface area contributed by atoms with Gasteiger partial charge < -0.3 is 19.8 Å². The smallest absolute Gasteiger partial charge is 0.224 e. The van der Waals surface area contributed by atoms with Crippen LogP contribution in [-0.2, 0) is 11.2 Å². The first-order chi connectivity index (χ1) is 17.2. The van der Waals surface area contributed by atoms with Gasteiger partial charge in [0.2, 0.25) is 5.91 Å². The van der Waals surface area contributed by atoms with Crippen LogP contribution in [0.2, 0.25) is 0 Å². The highest BCUT2D eigenvalue weighted by molar-refractivity contribution is 5.90. The fraction of sp³-hybridized carbons (Fsp3) is 0.167. The zero-order valence-corrected chi connectivity index (χ0v) is 19.9. The summed E-state index contributed by atoms with van der Waals surface area (Å²) in [6.45, 7) is 0.426. The van der Waals surface area contributed by atoms with Crippen LogP contribution in [-0.4, -0.2) is 31.7 Å². The number of carbonyl (C=O) groups excluding carboxylic acids is 1. The largest absolute Gasteiger partial charge is 0.493 e. The average molecular weight is 465 g/mol. The molecule has 0 radical (unpaired) electrons. The number of methoxy groups -OCH3 is 2. The van der Waals surface area contributed by atoms with Gasteiger partial charge in [-0.25, -0.2) is 0 Å². The number of benzene rings is 4. The standard InChI is InChI=1S/C30H28N2O3/c1-34-28-16-8-14-24(30(28)35-2)26(25-18-31-27-15-6-5-13-23(25)27)19-32-29(33)17-21-11-7-10-20-9-3-4-12-22(20)21/h3-16,18,26,31H,17,19H2,1-2H3,(H,32,33). The Morgan fingerprint density at radius 3 is 2.40 bits per heavy atom. The van der Waals surface area contributed by atoms with E-state index < -0.39 is 0 Å². The quantitative estimate of drug-likeness (QED) is 0.304. The van der Waals surface area contributed by atoms with Crippen LogP contribution in [0, 0.1) is 0 Å². The zero-order valence-electron chi connectivity index (χ0n) is 19.9. The van der Waals surface area contributed by atoms with E-state index in [1.165, 1.54) is 0 Å². The van der Waals surface area contributed by atoms with Crippen LogP contribution < -0.4 is 14.8 Å². The summed E-state index contributed by atoms with van der Waals surface area (Å²) in [4.78, 5) is 16.5. The van der Waals surface area contributed by atoms with Crippen molar-refractivity contribution in [2.75, 3.05) is 20.8 Å². The molecule has 1 atom stereocenters. The number of rotatable bonds is 8. The summed E-state index contributed by atoms with van der Waals surface area (Å²) in [5.41, 5.74) is 4.12. The van der Waals surface area contributed by atoms with E-state index in [1.54, 1.807) is 14.2 Å². The average Bonchev–Trinajstić information content (AvgIpc) is 3.33. The molecule has 0 saturated heterocycles. The third kappa shape index (κ3) is 4.45. The maximum absolute atomic E-state index is 13.1. The highest BCUT2D eigenvalue weighted by atomic mass is 16.5. The highest BCUT2D eigenvalue weighted by Gasteiger charge is 2.24. The number of hydrogen-bond donors (Lipinski definition) is 2. The number of H-pyrrole nitrogens is 1. The number of nitrogens with one attached hydrogen (secondary N) is 2. The Bertz CT molecular complexity index is 1480. The molecule has 5 rings (SSSR count). The molecule has 0 bridgehead atoms. The van der Waals surface area contributed by atoms with E-state index in [1.807, 2.05) is 60.8 Å². The molecule has 0 aliphatic heterocycles. The van der Waals surface area contributed by atoms with Crippen molar-refractivity contribution in [3.63, 3.8) is 0 Å². The minimum Gasteiger partial charge on any atom is -0.493 e. The fourth-order valence-electron chi connectivity index (χ4n) is 4.85. The molecular formula is C30H28N2O3. The van der Waals surface area contributed by atoms with Crippen molar-refractivity contribution in [3.05, 3.63) is 108 Å². The van der Waals surface area contributed by atoms with Crippen LogP contribution in [0.25, 0.3) is 21.7 Å². The van der Waals surface area contributed by atoms with Gasteiger partial charge in [0, 0.05) is 35.1 Å². The third-order valence-electron chi connectivity index (χ3n) is 6.54. The van der Waals surface area contributed by atoms with Crippen LogP contribution in [0.3, 0.4) is 0 Å². The molecule has 1 amide bonds. The molecule has 0 spiro atoms. The predicted molar refractivity (Wildman–Crippen MR) is 140 cm³/mol. The molecule has 0 saturated carbocycles. The number of amides is 1. The first kappa shape index (κ1) is 22.5. The minimum absolute atomic E-state index is 0.0203. The second-order valence-corrected chi connectivity index (χ2v) is 8.54. The molecule has 0 fully saturated rings. The molecule has 5 nitrogen and oxygen atoms in total. The lowest BCUT2D eigenvalue weighted by molar-refractivity contribution is -0.120. The molecule has 5 heteroatoms. The number of carbonyl (C=O) groups is 1. The van der Waals surface area contributed by atoms with Gasteiger partial charge in [-0.05, 0) is 34.0 Å². The van der Waals surface area contributed by atoms with E-state index >= 15 is 0 Å². The Morgan fingerprint density at radius 2 is 1.57 bits per heavy atom. The van der Waals surface area contributed by atoms with Crippen molar-refractivity contribution < 1.29 is 14.3 Å². The molecule has 1 unspecified atom stereocenters. The first-order valence-electron chi connectivity index (χ1n) is 11.7. The topological polar surface area (TPSA) is 63.3 Å². The summed E-state index contributed by atoms with van der Waals surface area (Å²) in [5, 5.41) is 6.54. The number of fused-ring (bicyclic) bond motifs is 2. The molecule has 0 aliphatic rings. The summed E-state index contributed by atoms with van der Waals surface area (Å²) >= 11 is 0.